The number of aromatic amines is 1. The lowest BCUT2D eigenvalue weighted by Crippen LogP contribution is -1.97. The minimum atomic E-state index is -1.00. The van der Waals surface area contributed by atoms with Gasteiger partial charge in [0.1, 0.15) is 5.69 Å². The van der Waals surface area contributed by atoms with Crippen molar-refractivity contribution in [1.29, 1.82) is 0 Å². The summed E-state index contributed by atoms with van der Waals surface area (Å²) in [7, 11) is 0. The van der Waals surface area contributed by atoms with Gasteiger partial charge in [-0.1, -0.05) is 32.0 Å². The number of benzene rings is 1. The highest BCUT2D eigenvalue weighted by Crippen LogP contribution is 2.15. The number of rotatable bonds is 1. The van der Waals surface area contributed by atoms with Gasteiger partial charge in [0.2, 0.25) is 0 Å². The van der Waals surface area contributed by atoms with E-state index < -0.39 is 5.97 Å². The van der Waals surface area contributed by atoms with E-state index in [0.29, 0.717) is 0 Å². The van der Waals surface area contributed by atoms with Gasteiger partial charge in [0.05, 0.1) is 0 Å². The summed E-state index contributed by atoms with van der Waals surface area (Å²) < 4.78 is 11.5. The topological polar surface area (TPSA) is 42.1 Å². The molecular weight excluding hydrogens is 197 g/mol. The summed E-state index contributed by atoms with van der Waals surface area (Å²) in [5, 5.41) is 0.850. The quantitative estimate of drug-likeness (QED) is 0.783. The van der Waals surface area contributed by atoms with Crippen molar-refractivity contribution in [3.63, 3.8) is 0 Å². The molecule has 0 saturated heterocycles. The number of hydrogen-bond acceptors (Lipinski definition) is 2. The summed E-state index contributed by atoms with van der Waals surface area (Å²) in [4.78, 5) is 16.6. The maximum atomic E-state index is 11.5. The summed E-state index contributed by atoms with van der Waals surface area (Å²) in [6, 6.07) is 8.81. The van der Waals surface area contributed by atoms with Crippen LogP contribution >= 0.6 is 0 Å². The molecule has 0 saturated carbocycles. The summed E-state index contributed by atoms with van der Waals surface area (Å²) >= 11 is 0. The highest BCUT2D eigenvalue weighted by molar-refractivity contribution is 5.94. The Labute approximate surface area is 86.8 Å². The highest BCUT2D eigenvalue weighted by Gasteiger charge is 2.10. The first-order chi connectivity index (χ1) is 7.31. The van der Waals surface area contributed by atoms with Crippen molar-refractivity contribution in [3.05, 3.63) is 36.0 Å². The maximum Gasteiger partial charge on any atom is 0.395 e. The summed E-state index contributed by atoms with van der Waals surface area (Å²) in [6.07, 6.45) is 0. The second kappa shape index (κ2) is 5.14. The van der Waals surface area contributed by atoms with Crippen LogP contribution in [0.5, 0.6) is 0 Å². The first-order valence-corrected chi connectivity index (χ1v) is 4.72. The van der Waals surface area contributed by atoms with Crippen LogP contribution in [0.1, 0.15) is 24.3 Å². The van der Waals surface area contributed by atoms with E-state index in [1.807, 2.05) is 32.0 Å². The smallest absolute Gasteiger partial charge is 0.349 e. The van der Waals surface area contributed by atoms with Gasteiger partial charge in [-0.05, 0) is 12.1 Å². The largest absolute Gasteiger partial charge is 0.395 e. The number of para-hydroxylation sites is 1. The number of nitrogens with one attached hydrogen (secondary N) is 1. The van der Waals surface area contributed by atoms with Gasteiger partial charge in [-0.15, -0.1) is 0 Å². The molecule has 1 heterocycles. The Kier molecular flexibility index (Phi) is 3.85. The average molecular weight is 209 g/mol. The Balaban J connectivity index is 0.000000531. The van der Waals surface area contributed by atoms with E-state index in [9.17, 15) is 9.32 Å². The van der Waals surface area contributed by atoms with E-state index in [2.05, 4.69) is 9.93 Å². The van der Waals surface area contributed by atoms with Gasteiger partial charge in [0.15, 0.2) is 0 Å². The molecule has 15 heavy (non-hydrogen) atoms. The minimum absolute atomic E-state index is 0.115. The van der Waals surface area contributed by atoms with Crippen LogP contribution in [0, 0.1) is 0 Å². The number of carbonyl (C=O) groups is 1. The molecular formula is C11H12FNO2. The first-order valence-electron chi connectivity index (χ1n) is 4.72. The second-order valence-corrected chi connectivity index (χ2v) is 2.63. The van der Waals surface area contributed by atoms with E-state index in [1.54, 1.807) is 6.07 Å². The number of fused-ring (bicyclic) bond motifs is 1. The molecule has 0 amide bonds. The molecule has 0 aliphatic carbocycles. The fourth-order valence-corrected chi connectivity index (χ4v) is 1.22. The molecule has 2 rings (SSSR count). The number of aromatic nitrogens is 1. The lowest BCUT2D eigenvalue weighted by molar-refractivity contribution is -0.0792. The molecule has 1 aromatic carbocycles. The SMILES string of the molecule is CC.O=C(OF)c1cc2ccccc2[nH]1. The predicted molar refractivity (Wildman–Crippen MR) is 56.2 cm³/mol. The monoisotopic (exact) mass is 209 g/mol. The Morgan fingerprint density at radius 1 is 1.33 bits per heavy atom. The fraction of sp³-hybridized carbons (Fsp3) is 0.182. The van der Waals surface area contributed by atoms with Crippen molar-refractivity contribution in [2.24, 2.45) is 0 Å². The normalized spacial score (nSPS) is 9.27. The van der Waals surface area contributed by atoms with E-state index in [4.69, 9.17) is 0 Å². The molecule has 0 radical (unpaired) electrons. The van der Waals surface area contributed by atoms with Gasteiger partial charge in [0, 0.05) is 15.4 Å². The lowest BCUT2D eigenvalue weighted by atomic mass is 10.2. The Hall–Kier alpha value is -1.84. The number of hydrogen-bond donors (Lipinski definition) is 1. The summed E-state index contributed by atoms with van der Waals surface area (Å²) in [5.74, 6) is -1.00. The molecule has 0 atom stereocenters. The molecule has 0 unspecified atom stereocenters. The van der Waals surface area contributed by atoms with E-state index in [0.717, 1.165) is 10.9 Å². The van der Waals surface area contributed by atoms with Gasteiger partial charge in [-0.25, -0.2) is 9.74 Å². The van der Waals surface area contributed by atoms with Gasteiger partial charge < -0.3 is 4.98 Å². The Morgan fingerprint density at radius 2 is 2.00 bits per heavy atom. The highest BCUT2D eigenvalue weighted by atomic mass is 19.3. The molecule has 0 aliphatic heterocycles. The fourth-order valence-electron chi connectivity index (χ4n) is 1.22. The zero-order valence-corrected chi connectivity index (χ0v) is 8.58. The molecule has 80 valence electrons. The third-order valence-electron chi connectivity index (χ3n) is 1.82. The van der Waals surface area contributed by atoms with Crippen LogP contribution in [0.2, 0.25) is 0 Å². The van der Waals surface area contributed by atoms with Crippen LogP contribution in [0.25, 0.3) is 10.9 Å². The van der Waals surface area contributed by atoms with Gasteiger partial charge in [0.25, 0.3) is 0 Å². The van der Waals surface area contributed by atoms with Crippen LogP contribution in [0.3, 0.4) is 0 Å². The molecule has 3 nitrogen and oxygen atoms in total. The molecule has 1 N–H and O–H groups in total. The van der Waals surface area contributed by atoms with Crippen molar-refractivity contribution < 1.29 is 14.3 Å². The lowest BCUT2D eigenvalue weighted by Gasteiger charge is -1.86. The first kappa shape index (κ1) is 11.2. The molecule has 1 aromatic heterocycles. The van der Waals surface area contributed by atoms with Crippen molar-refractivity contribution in [3.8, 4) is 0 Å². The van der Waals surface area contributed by atoms with Crippen molar-refractivity contribution >= 4 is 16.9 Å². The van der Waals surface area contributed by atoms with Gasteiger partial charge in [-0.3, -0.25) is 0 Å². The average Bonchev–Trinajstić information content (AvgIpc) is 2.74. The predicted octanol–water partition coefficient (Wildman–Crippen LogP) is 3.24. The maximum absolute atomic E-state index is 11.5. The zero-order valence-electron chi connectivity index (χ0n) is 8.58. The standard InChI is InChI=1S/C9H6FNO2.C2H6/c10-13-9(12)8-5-6-3-1-2-4-7(6)11-8;1-2/h1-5,11H;1-2H3. The van der Waals surface area contributed by atoms with Crippen molar-refractivity contribution in [2.75, 3.05) is 0 Å². The Bertz CT molecular complexity index is 418. The molecule has 0 fully saturated rings. The summed E-state index contributed by atoms with van der Waals surface area (Å²) in [6.45, 7) is 4.00. The third-order valence-corrected chi connectivity index (χ3v) is 1.82. The molecule has 0 aliphatic rings. The van der Waals surface area contributed by atoms with Crippen LogP contribution in [-0.4, -0.2) is 11.0 Å². The zero-order chi connectivity index (χ0) is 11.3. The van der Waals surface area contributed by atoms with Crippen LogP contribution in [0.4, 0.5) is 4.53 Å². The van der Waals surface area contributed by atoms with Gasteiger partial charge >= 0.3 is 5.97 Å². The Morgan fingerprint density at radius 3 is 2.60 bits per heavy atom. The number of halogens is 1. The summed E-state index contributed by atoms with van der Waals surface area (Å²) in [5.41, 5.74) is 0.895. The van der Waals surface area contributed by atoms with Gasteiger partial charge in [-0.2, -0.15) is 0 Å². The molecule has 0 spiro atoms. The van der Waals surface area contributed by atoms with E-state index >= 15 is 0 Å². The van der Waals surface area contributed by atoms with Crippen molar-refractivity contribution in [2.45, 2.75) is 13.8 Å². The van der Waals surface area contributed by atoms with Crippen LogP contribution in [0.15, 0.2) is 30.3 Å². The molecule has 2 aromatic rings. The number of carbonyl (C=O) groups excluding carboxylic acids is 1. The van der Waals surface area contributed by atoms with E-state index in [1.165, 1.54) is 6.07 Å². The number of H-pyrrole nitrogens is 1. The van der Waals surface area contributed by atoms with Crippen LogP contribution in [-0.2, 0) is 4.94 Å². The van der Waals surface area contributed by atoms with Crippen LogP contribution < -0.4 is 0 Å². The third kappa shape index (κ3) is 2.34. The molecule has 4 heteroatoms. The minimum Gasteiger partial charge on any atom is -0.349 e. The molecule has 0 bridgehead atoms. The van der Waals surface area contributed by atoms with E-state index in [-0.39, 0.29) is 5.69 Å². The second-order valence-electron chi connectivity index (χ2n) is 2.63. The van der Waals surface area contributed by atoms with Crippen molar-refractivity contribution in [1.82, 2.24) is 4.98 Å².